The van der Waals surface area contributed by atoms with Crippen LogP contribution in [0.25, 0.3) is 0 Å². The van der Waals surface area contributed by atoms with E-state index >= 15 is 4.39 Å². The number of hydrogen-bond acceptors (Lipinski definition) is 17. The van der Waals surface area contributed by atoms with Crippen molar-refractivity contribution in [2.75, 3.05) is 6.61 Å². The van der Waals surface area contributed by atoms with Gasteiger partial charge in [0.2, 0.25) is 0 Å². The fourth-order valence-corrected chi connectivity index (χ4v) is 16.5. The van der Waals surface area contributed by atoms with Crippen molar-refractivity contribution in [3.8, 4) is 0 Å². The first-order chi connectivity index (χ1) is 44.3. The maximum absolute atomic E-state index is 15.1. The molecule has 102 heavy (non-hydrogen) atoms. The van der Waals surface area contributed by atoms with Gasteiger partial charge in [0.05, 0.1) is 33.9 Å². The third-order valence-corrected chi connectivity index (χ3v) is 25.8. The molecule has 35 heteroatoms. The zero-order valence-corrected chi connectivity index (χ0v) is 62.2. The molecule has 10 rings (SSSR count). The Hall–Kier alpha value is -5.47. The number of hydrogen-bond donors (Lipinski definition) is 7. The van der Waals surface area contributed by atoms with E-state index in [-0.39, 0.29) is 107 Å². The van der Waals surface area contributed by atoms with Gasteiger partial charge in [-0.3, -0.25) is 57.4 Å². The van der Waals surface area contributed by atoms with Crippen LogP contribution >= 0.6 is 31.9 Å². The zero-order chi connectivity index (χ0) is 72.6. The van der Waals surface area contributed by atoms with E-state index in [0.29, 0.717) is 29.3 Å². The van der Waals surface area contributed by atoms with Crippen molar-refractivity contribution in [2.45, 2.75) is 271 Å². The molecule has 0 unspecified atom stereocenters. The molecule has 0 aliphatic carbocycles. The van der Waals surface area contributed by atoms with Gasteiger partial charge in [-0.15, -0.1) is 0 Å². The van der Waals surface area contributed by atoms with E-state index in [1.807, 2.05) is 32.7 Å². The second-order valence-corrected chi connectivity index (χ2v) is 42.7. The summed E-state index contributed by atoms with van der Waals surface area (Å²) in [6, 6.07) is 2.23. The normalized spacial score (nSPS) is 32.6. The number of aliphatic hydroxyl groups is 2. The van der Waals surface area contributed by atoms with Gasteiger partial charge in [-0.2, -0.15) is 0 Å². The standard InChI is InChI=1S/2C12H16BrFN2O3.C12H17FN2O3.C12H16FN2O3.C10H13FN2O5.6CH4.3CH3.Sn/c2*1-4-8-6(2)12(3,14)10(19-8)16-5-7(13)9(17)15-11(16)18;2*1-4-8-7(2)12(3,13)10(18-8)15-6-5-9(16)14-11(15)17;1-10(11)7(16)5(4-14)18-8(10)13-3-2-6(15)12-9(13)17;;;;;;;;;;/h2*5-6,8,10H,4H2,1-3H3,(H,15,17,18);5-8,10H,4H2,1-3H3,(H,14,16,17);6-8,10H,4H2,1-3H3,(H,14,16,17);2-3,5,7-8,14,16H,4H2,1H3,(H,12,15,17);6*1H4;3*1H3;/t2*6-,8-,10-,12-;2*7-,8-,10-,12-;5-,7-,8-,10-;;;;;;;;;;/m11111........../s1. The molecular formula is C67H111Br2F5N10O17Sn. The number of aliphatic hydroxyl groups excluding tert-OH is 2. The Morgan fingerprint density at radius 1 is 0.422 bits per heavy atom. The summed E-state index contributed by atoms with van der Waals surface area (Å²) in [7, 11) is 0. The average Bonchev–Trinajstić information content (AvgIpc) is 1.62. The van der Waals surface area contributed by atoms with E-state index < -0.39 is 147 Å². The Balaban J connectivity index is 0.00000123. The molecule has 20 atom stereocenters. The number of alkyl halides is 5. The summed E-state index contributed by atoms with van der Waals surface area (Å²) in [6.07, 6.45) is -0.0170. The largest absolute Gasteiger partial charge is 0.394 e. The Morgan fingerprint density at radius 3 is 0.912 bits per heavy atom. The van der Waals surface area contributed by atoms with Crippen LogP contribution in [0.3, 0.4) is 0 Å². The summed E-state index contributed by atoms with van der Waals surface area (Å²) < 4.78 is 108. The molecule has 5 fully saturated rings. The second-order valence-electron chi connectivity index (χ2n) is 26.6. The number of aromatic nitrogens is 10. The summed E-state index contributed by atoms with van der Waals surface area (Å²) in [5, 5.41) is 18.6. The van der Waals surface area contributed by atoms with E-state index in [1.165, 1.54) is 63.1 Å². The number of ether oxygens (including phenoxy) is 5. The number of H-pyrrole nitrogens is 5. The van der Waals surface area contributed by atoms with Crippen LogP contribution < -0.4 is 59.8 Å². The monoisotopic (exact) mass is 1700 g/mol. The van der Waals surface area contributed by atoms with Crippen LogP contribution in [0.4, 0.5) is 22.0 Å². The van der Waals surface area contributed by atoms with Gasteiger partial charge in [-0.05, 0) is 78.8 Å². The fourth-order valence-electron chi connectivity index (χ4n) is 12.2. The Bertz CT molecular complexity index is 3990. The van der Waals surface area contributed by atoms with Gasteiger partial charge in [-0.1, -0.05) is 86.1 Å². The predicted molar refractivity (Wildman–Crippen MR) is 393 cm³/mol. The van der Waals surface area contributed by atoms with E-state index in [9.17, 15) is 70.6 Å². The van der Waals surface area contributed by atoms with Gasteiger partial charge < -0.3 is 29.2 Å². The van der Waals surface area contributed by atoms with Gasteiger partial charge in [0, 0.05) is 54.7 Å². The molecule has 5 aromatic heterocycles. The minimum Gasteiger partial charge on any atom is -0.394 e. The third kappa shape index (κ3) is 19.8. The van der Waals surface area contributed by atoms with Crippen LogP contribution in [0.5, 0.6) is 0 Å². The zero-order valence-electron chi connectivity index (χ0n) is 56.1. The number of nitrogens with one attached hydrogen (secondary N) is 5. The molecular weight excluding hydrogens is 1590 g/mol. The minimum absolute atomic E-state index is 0. The molecule has 0 bridgehead atoms. The fraction of sp³-hybridized carbons (Fsp3) is 0.701. The summed E-state index contributed by atoms with van der Waals surface area (Å²) in [5.74, 6) is -1.30. The van der Waals surface area contributed by atoms with Crippen LogP contribution in [0.2, 0.25) is 14.8 Å². The van der Waals surface area contributed by atoms with E-state index in [4.69, 9.17) is 28.8 Å². The summed E-state index contributed by atoms with van der Waals surface area (Å²) in [5.41, 5.74) is -14.9. The van der Waals surface area contributed by atoms with Crippen LogP contribution in [-0.4, -0.2) is 148 Å². The van der Waals surface area contributed by atoms with Crippen LogP contribution in [0.1, 0.15) is 191 Å². The van der Waals surface area contributed by atoms with Crippen molar-refractivity contribution in [1.82, 2.24) is 47.8 Å². The van der Waals surface area contributed by atoms with Gasteiger partial charge in [0.1, 0.15) is 12.2 Å². The van der Waals surface area contributed by atoms with E-state index in [2.05, 4.69) is 66.6 Å². The number of nitrogens with zero attached hydrogens (tertiary/aromatic N) is 5. The van der Waals surface area contributed by atoms with Crippen molar-refractivity contribution in [1.29, 1.82) is 0 Å². The van der Waals surface area contributed by atoms with Crippen molar-refractivity contribution in [3.63, 3.8) is 0 Å². The molecule has 0 saturated carbocycles. The molecule has 10 heterocycles. The van der Waals surface area contributed by atoms with Crippen LogP contribution in [0, 0.1) is 23.7 Å². The SMILES string of the molecule is C.C.C.C.C.C.CC[C@H]1O[C@@H](n2c[c]([Sn]([CH3])([CH3])[CH3])c(=O)[nH]c2=O)[C@](C)(F)[C@@H]1C.CC[C@H]1O[C@@H](n2cc(Br)c(=O)[nH]c2=O)[C@](C)(F)[C@@H]1C.CC[C@H]1O[C@@H](n2cc(Br)c(=O)[nH]c2=O)[C@](C)(F)[C@@H]1C.CC[C@H]1O[C@@H](n2ccc(=O)[nH]c2=O)[C@](C)(F)[C@@H]1C.C[C@@]1(F)[C@H](O)[C@@H](CO)O[C@H]1n1ccc(=O)[nH]c1=O. The van der Waals surface area contributed by atoms with Crippen molar-refractivity contribution < 1.29 is 55.8 Å². The minimum atomic E-state index is -2.72. The smallest absolute Gasteiger partial charge is 0.330 e. The Kier molecular flexibility index (Phi) is 35.2. The van der Waals surface area contributed by atoms with Crippen molar-refractivity contribution >= 4 is 53.8 Å². The maximum atomic E-state index is 15.1. The predicted octanol–water partition coefficient (Wildman–Crippen LogP) is 9.24. The first kappa shape index (κ1) is 96.5. The molecule has 0 spiro atoms. The second kappa shape index (κ2) is 37.2. The van der Waals surface area contributed by atoms with Crippen molar-refractivity contribution in [2.24, 2.45) is 23.7 Å². The van der Waals surface area contributed by atoms with Gasteiger partial charge in [0.25, 0.3) is 22.2 Å². The van der Waals surface area contributed by atoms with Crippen LogP contribution in [-0.2, 0) is 23.7 Å². The molecule has 5 aliphatic heterocycles. The molecule has 584 valence electrons. The Labute approximate surface area is 611 Å². The quantitative estimate of drug-likeness (QED) is 0.0478. The topological polar surface area (TPSA) is 361 Å². The number of halogens is 7. The molecule has 7 N–H and O–H groups in total. The van der Waals surface area contributed by atoms with Gasteiger partial charge in [-0.25, -0.2) is 36.7 Å². The van der Waals surface area contributed by atoms with Gasteiger partial charge >= 0.3 is 156 Å². The van der Waals surface area contributed by atoms with Crippen molar-refractivity contribution in [3.05, 3.63) is 156 Å². The first-order valence-electron chi connectivity index (χ1n) is 31.3. The first-order valence-corrected chi connectivity index (χ1v) is 42.9. The summed E-state index contributed by atoms with van der Waals surface area (Å²) in [4.78, 5) is 132. The summed E-state index contributed by atoms with van der Waals surface area (Å²) >= 11 is 3.34. The van der Waals surface area contributed by atoms with E-state index in [1.54, 1.807) is 27.7 Å². The molecule has 5 aromatic rings. The molecule has 5 aliphatic rings. The third-order valence-electron chi connectivity index (χ3n) is 19.0. The Morgan fingerprint density at radius 2 is 0.667 bits per heavy atom. The molecule has 5 saturated heterocycles. The number of aromatic amines is 5. The number of rotatable bonds is 11. The molecule has 27 nitrogen and oxygen atoms in total. The van der Waals surface area contributed by atoms with E-state index in [0.717, 1.165) is 37.5 Å². The molecule has 0 radical (unpaired) electrons. The van der Waals surface area contributed by atoms with Gasteiger partial charge in [0.15, 0.2) is 47.6 Å². The molecule has 0 amide bonds. The average molecular weight is 1700 g/mol. The summed E-state index contributed by atoms with van der Waals surface area (Å²) in [6.45, 7) is 21.0. The maximum Gasteiger partial charge on any atom is 0.330 e. The van der Waals surface area contributed by atoms with Crippen LogP contribution in [0.15, 0.2) is 100 Å². The molecule has 0 aromatic carbocycles.